The third-order valence-electron chi connectivity index (χ3n) is 4.82. The highest BCUT2D eigenvalue weighted by atomic mass is 16.5. The second-order valence-corrected chi connectivity index (χ2v) is 6.71. The summed E-state index contributed by atoms with van der Waals surface area (Å²) in [6.45, 7) is 7.99. The molecule has 0 unspecified atom stereocenters. The molecule has 2 rings (SSSR count). The lowest BCUT2D eigenvalue weighted by atomic mass is 9.72. The van der Waals surface area contributed by atoms with Gasteiger partial charge in [-0.1, -0.05) is 13.8 Å². The molecular weight excluding hydrogens is 212 g/mol. The first-order chi connectivity index (χ1) is 8.01. The molecule has 2 fully saturated rings. The number of hydrogen-bond acceptors (Lipinski definition) is 2. The van der Waals surface area contributed by atoms with Crippen LogP contribution in [0.3, 0.4) is 0 Å². The molecule has 0 aromatic carbocycles. The predicted molar refractivity (Wildman–Crippen MR) is 68.8 cm³/mol. The van der Waals surface area contributed by atoms with Gasteiger partial charge < -0.3 is 4.74 Å². The molecule has 0 amide bonds. The maximum Gasteiger partial charge on any atom is 0.143 e. The SMILES string of the molecule is CC(C)C1CCC(CC(=O)C2(C)COC2)CC1. The highest BCUT2D eigenvalue weighted by Crippen LogP contribution is 2.37. The Morgan fingerprint density at radius 2 is 1.82 bits per heavy atom. The number of rotatable bonds is 4. The van der Waals surface area contributed by atoms with Crippen LogP contribution >= 0.6 is 0 Å². The third-order valence-corrected chi connectivity index (χ3v) is 4.82. The number of hydrogen-bond donors (Lipinski definition) is 0. The maximum absolute atomic E-state index is 12.2. The molecule has 0 radical (unpaired) electrons. The lowest BCUT2D eigenvalue weighted by Gasteiger charge is -2.38. The lowest BCUT2D eigenvalue weighted by Crippen LogP contribution is -2.47. The Kier molecular flexibility index (Phi) is 3.92. The summed E-state index contributed by atoms with van der Waals surface area (Å²) in [6, 6.07) is 0. The van der Waals surface area contributed by atoms with E-state index in [1.807, 2.05) is 0 Å². The minimum absolute atomic E-state index is 0.144. The molecule has 0 atom stereocenters. The van der Waals surface area contributed by atoms with E-state index in [1.54, 1.807) is 0 Å². The van der Waals surface area contributed by atoms with Gasteiger partial charge in [-0.2, -0.15) is 0 Å². The molecular formula is C15H26O2. The number of Topliss-reactive ketones (excluding diaryl/α,β-unsaturated/α-hetero) is 1. The van der Waals surface area contributed by atoms with E-state index >= 15 is 0 Å². The second-order valence-electron chi connectivity index (χ2n) is 6.71. The molecule has 1 saturated carbocycles. The zero-order chi connectivity index (χ0) is 12.5. The first kappa shape index (κ1) is 13.1. The fourth-order valence-electron chi connectivity index (χ4n) is 3.14. The summed E-state index contributed by atoms with van der Waals surface area (Å²) in [5.41, 5.74) is -0.144. The molecule has 0 spiro atoms. The zero-order valence-electron chi connectivity index (χ0n) is 11.5. The van der Waals surface area contributed by atoms with Gasteiger partial charge in [-0.3, -0.25) is 4.79 Å². The smallest absolute Gasteiger partial charge is 0.143 e. The van der Waals surface area contributed by atoms with Crippen molar-refractivity contribution in [3.63, 3.8) is 0 Å². The number of ether oxygens (including phenoxy) is 1. The third kappa shape index (κ3) is 2.90. The van der Waals surface area contributed by atoms with Gasteiger partial charge in [0.05, 0.1) is 18.6 Å². The molecule has 0 aromatic rings. The van der Waals surface area contributed by atoms with Crippen LogP contribution in [0.15, 0.2) is 0 Å². The molecule has 0 bridgehead atoms. The van der Waals surface area contributed by atoms with E-state index in [0.717, 1.165) is 18.3 Å². The number of ketones is 1. The van der Waals surface area contributed by atoms with Crippen molar-refractivity contribution in [3.05, 3.63) is 0 Å². The quantitative estimate of drug-likeness (QED) is 0.750. The fraction of sp³-hybridized carbons (Fsp3) is 0.933. The highest BCUT2D eigenvalue weighted by molar-refractivity contribution is 5.85. The average molecular weight is 238 g/mol. The van der Waals surface area contributed by atoms with Gasteiger partial charge in [0.2, 0.25) is 0 Å². The summed E-state index contributed by atoms with van der Waals surface area (Å²) in [4.78, 5) is 12.2. The standard InChI is InChI=1S/C15H26O2/c1-11(2)13-6-4-12(5-7-13)8-14(16)15(3)9-17-10-15/h11-13H,4-10H2,1-3H3. The summed E-state index contributed by atoms with van der Waals surface area (Å²) in [6.07, 6.45) is 5.95. The Balaban J connectivity index is 1.76. The summed E-state index contributed by atoms with van der Waals surface area (Å²) < 4.78 is 5.18. The van der Waals surface area contributed by atoms with Gasteiger partial charge in [0, 0.05) is 6.42 Å². The molecule has 2 heteroatoms. The monoisotopic (exact) mass is 238 g/mol. The average Bonchev–Trinajstić information content (AvgIpc) is 2.26. The van der Waals surface area contributed by atoms with Crippen molar-refractivity contribution in [2.24, 2.45) is 23.2 Å². The van der Waals surface area contributed by atoms with Crippen molar-refractivity contribution in [3.8, 4) is 0 Å². The lowest BCUT2D eigenvalue weighted by molar-refractivity contribution is -0.156. The van der Waals surface area contributed by atoms with E-state index in [1.165, 1.54) is 25.7 Å². The van der Waals surface area contributed by atoms with Crippen LogP contribution in [0.25, 0.3) is 0 Å². The van der Waals surface area contributed by atoms with Crippen LogP contribution in [0.5, 0.6) is 0 Å². The fourth-order valence-corrected chi connectivity index (χ4v) is 3.14. The molecule has 1 saturated heterocycles. The molecule has 2 nitrogen and oxygen atoms in total. The summed E-state index contributed by atoms with van der Waals surface area (Å²) in [5, 5.41) is 0. The largest absolute Gasteiger partial charge is 0.379 e. The summed E-state index contributed by atoms with van der Waals surface area (Å²) in [7, 11) is 0. The van der Waals surface area contributed by atoms with E-state index in [-0.39, 0.29) is 5.41 Å². The molecule has 2 aliphatic rings. The molecule has 17 heavy (non-hydrogen) atoms. The maximum atomic E-state index is 12.2. The molecule has 1 aliphatic heterocycles. The van der Waals surface area contributed by atoms with Gasteiger partial charge in [-0.15, -0.1) is 0 Å². The van der Waals surface area contributed by atoms with Gasteiger partial charge in [0.15, 0.2) is 0 Å². The van der Waals surface area contributed by atoms with E-state index in [2.05, 4.69) is 20.8 Å². The Bertz CT molecular complexity index is 271. The van der Waals surface area contributed by atoms with E-state index in [4.69, 9.17) is 4.74 Å². The van der Waals surface area contributed by atoms with Crippen molar-refractivity contribution in [2.75, 3.05) is 13.2 Å². The molecule has 98 valence electrons. The molecule has 1 aliphatic carbocycles. The molecule has 0 aromatic heterocycles. The first-order valence-corrected chi connectivity index (χ1v) is 7.12. The second kappa shape index (κ2) is 5.09. The van der Waals surface area contributed by atoms with Crippen LogP contribution in [0.4, 0.5) is 0 Å². The van der Waals surface area contributed by atoms with Gasteiger partial charge >= 0.3 is 0 Å². The molecule has 1 heterocycles. The predicted octanol–water partition coefficient (Wildman–Crippen LogP) is 3.44. The van der Waals surface area contributed by atoms with Crippen LogP contribution in [0.1, 0.15) is 52.9 Å². The first-order valence-electron chi connectivity index (χ1n) is 7.12. The van der Waals surface area contributed by atoms with Crippen molar-refractivity contribution in [1.82, 2.24) is 0 Å². The zero-order valence-corrected chi connectivity index (χ0v) is 11.5. The van der Waals surface area contributed by atoms with Crippen molar-refractivity contribution in [1.29, 1.82) is 0 Å². The van der Waals surface area contributed by atoms with Crippen molar-refractivity contribution < 1.29 is 9.53 Å². The van der Waals surface area contributed by atoms with Gasteiger partial charge in [0.1, 0.15) is 5.78 Å². The Labute approximate surface area is 105 Å². The Morgan fingerprint density at radius 3 is 2.24 bits per heavy atom. The van der Waals surface area contributed by atoms with E-state index in [0.29, 0.717) is 24.9 Å². The minimum atomic E-state index is -0.144. The Hall–Kier alpha value is -0.370. The summed E-state index contributed by atoms with van der Waals surface area (Å²) in [5.74, 6) is 2.79. The van der Waals surface area contributed by atoms with Crippen LogP contribution in [-0.2, 0) is 9.53 Å². The normalized spacial score (nSPS) is 32.2. The van der Waals surface area contributed by atoms with Gasteiger partial charge in [0.25, 0.3) is 0 Å². The van der Waals surface area contributed by atoms with Crippen LogP contribution in [0, 0.1) is 23.2 Å². The molecule has 0 N–H and O–H groups in total. The van der Waals surface area contributed by atoms with Crippen molar-refractivity contribution >= 4 is 5.78 Å². The topological polar surface area (TPSA) is 26.3 Å². The van der Waals surface area contributed by atoms with E-state index in [9.17, 15) is 4.79 Å². The number of carbonyl (C=O) groups excluding carboxylic acids is 1. The number of carbonyl (C=O) groups is 1. The van der Waals surface area contributed by atoms with Crippen LogP contribution in [-0.4, -0.2) is 19.0 Å². The summed E-state index contributed by atoms with van der Waals surface area (Å²) >= 11 is 0. The van der Waals surface area contributed by atoms with E-state index < -0.39 is 0 Å². The van der Waals surface area contributed by atoms with Gasteiger partial charge in [-0.25, -0.2) is 0 Å². The van der Waals surface area contributed by atoms with Crippen molar-refractivity contribution in [2.45, 2.75) is 52.9 Å². The van der Waals surface area contributed by atoms with Crippen LogP contribution in [0.2, 0.25) is 0 Å². The Morgan fingerprint density at radius 1 is 1.24 bits per heavy atom. The minimum Gasteiger partial charge on any atom is -0.379 e. The van der Waals surface area contributed by atoms with Gasteiger partial charge in [-0.05, 0) is 50.4 Å². The van der Waals surface area contributed by atoms with Crippen LogP contribution < -0.4 is 0 Å². The highest BCUT2D eigenvalue weighted by Gasteiger charge is 2.41.